The van der Waals surface area contributed by atoms with Crippen molar-refractivity contribution >= 4 is 18.0 Å². The number of hydrazone groups is 1. The fourth-order valence-corrected chi connectivity index (χ4v) is 3.17. The number of rotatable bonds is 10. The Morgan fingerprint density at radius 2 is 1.74 bits per heavy atom. The van der Waals surface area contributed by atoms with E-state index in [1.54, 1.807) is 42.5 Å². The van der Waals surface area contributed by atoms with Crippen LogP contribution in [0.5, 0.6) is 11.5 Å². The molecule has 8 nitrogen and oxygen atoms in total. The molecule has 0 saturated carbocycles. The van der Waals surface area contributed by atoms with Crippen LogP contribution in [0.2, 0.25) is 0 Å². The van der Waals surface area contributed by atoms with Crippen LogP contribution in [0.15, 0.2) is 84.0 Å². The van der Waals surface area contributed by atoms with E-state index in [0.717, 1.165) is 5.56 Å². The predicted octanol–water partition coefficient (Wildman–Crippen LogP) is 3.61. The van der Waals surface area contributed by atoms with Crippen molar-refractivity contribution in [2.24, 2.45) is 5.10 Å². The number of amides is 2. The molecule has 8 heteroatoms. The molecule has 0 bridgehead atoms. The molecule has 34 heavy (non-hydrogen) atoms. The average molecular weight is 457 g/mol. The summed E-state index contributed by atoms with van der Waals surface area (Å²) in [6.45, 7) is -0.0940. The summed E-state index contributed by atoms with van der Waals surface area (Å²) in [4.78, 5) is 25.2. The average Bonchev–Trinajstić information content (AvgIpc) is 2.88. The van der Waals surface area contributed by atoms with Gasteiger partial charge in [0.2, 0.25) is 5.91 Å². The minimum absolute atomic E-state index is 0.00415. The number of nitrogens with one attached hydrogen (secondary N) is 2. The van der Waals surface area contributed by atoms with E-state index in [1.165, 1.54) is 13.3 Å². The van der Waals surface area contributed by atoms with Crippen LogP contribution in [0.4, 0.5) is 0 Å². The van der Waals surface area contributed by atoms with Gasteiger partial charge in [-0.3, -0.25) is 9.59 Å². The quantitative estimate of drug-likeness (QED) is 0.357. The van der Waals surface area contributed by atoms with E-state index in [-0.39, 0.29) is 24.8 Å². The fraction of sp³-hybridized carbons (Fsp3) is 0.154. The summed E-state index contributed by atoms with van der Waals surface area (Å²) in [5, 5.41) is 15.6. The first-order valence-electron chi connectivity index (χ1n) is 10.5. The molecule has 0 spiro atoms. The van der Waals surface area contributed by atoms with Crippen LogP contribution in [-0.2, 0) is 4.79 Å². The number of carbonyl (C=O) groups excluding carboxylic acids is 2. The Morgan fingerprint density at radius 1 is 1.03 bits per heavy atom. The maximum Gasteiger partial charge on any atom is 0.251 e. The lowest BCUT2D eigenvalue weighted by atomic mass is 10.0. The Kier molecular flexibility index (Phi) is 8.76. The SMILES string of the molecule is COc1cc(/C=N\NC(=O)C[C@@H](NC(=O)c2ccccc2)c2ccccc2)ccc1OCC#N. The third kappa shape index (κ3) is 6.93. The van der Waals surface area contributed by atoms with Crippen molar-refractivity contribution in [3.8, 4) is 17.6 Å². The van der Waals surface area contributed by atoms with Gasteiger partial charge >= 0.3 is 0 Å². The maximum atomic E-state index is 12.7. The van der Waals surface area contributed by atoms with Gasteiger partial charge in [-0.25, -0.2) is 5.43 Å². The van der Waals surface area contributed by atoms with Crippen LogP contribution < -0.4 is 20.2 Å². The van der Waals surface area contributed by atoms with Crippen LogP contribution in [0, 0.1) is 11.3 Å². The van der Waals surface area contributed by atoms with Crippen molar-refractivity contribution in [1.82, 2.24) is 10.7 Å². The zero-order valence-electron chi connectivity index (χ0n) is 18.6. The van der Waals surface area contributed by atoms with E-state index >= 15 is 0 Å². The van der Waals surface area contributed by atoms with E-state index in [0.29, 0.717) is 22.6 Å². The van der Waals surface area contributed by atoms with Crippen LogP contribution in [-0.4, -0.2) is 31.7 Å². The number of hydrogen-bond donors (Lipinski definition) is 2. The topological polar surface area (TPSA) is 113 Å². The molecule has 0 radical (unpaired) electrons. The molecule has 0 aliphatic rings. The molecular weight excluding hydrogens is 432 g/mol. The molecule has 3 rings (SSSR count). The van der Waals surface area contributed by atoms with E-state index < -0.39 is 6.04 Å². The molecular formula is C26H24N4O4. The van der Waals surface area contributed by atoms with Gasteiger partial charge in [-0.1, -0.05) is 48.5 Å². The second-order valence-electron chi connectivity index (χ2n) is 7.16. The molecule has 0 fully saturated rings. The van der Waals surface area contributed by atoms with Gasteiger partial charge in [-0.2, -0.15) is 10.4 Å². The number of benzene rings is 3. The Labute approximate surface area is 197 Å². The first-order chi connectivity index (χ1) is 16.6. The third-order valence-electron chi connectivity index (χ3n) is 4.82. The fourth-order valence-electron chi connectivity index (χ4n) is 3.17. The van der Waals surface area contributed by atoms with Crippen LogP contribution in [0.1, 0.15) is 33.9 Å². The van der Waals surface area contributed by atoms with Gasteiger partial charge in [-0.15, -0.1) is 0 Å². The van der Waals surface area contributed by atoms with E-state index in [1.807, 2.05) is 42.5 Å². The van der Waals surface area contributed by atoms with Crippen molar-refractivity contribution in [1.29, 1.82) is 5.26 Å². The highest BCUT2D eigenvalue weighted by molar-refractivity contribution is 5.94. The van der Waals surface area contributed by atoms with Crippen LogP contribution in [0.25, 0.3) is 0 Å². The smallest absolute Gasteiger partial charge is 0.251 e. The third-order valence-corrected chi connectivity index (χ3v) is 4.82. The number of ether oxygens (including phenoxy) is 2. The maximum absolute atomic E-state index is 12.7. The molecule has 0 unspecified atom stereocenters. The summed E-state index contributed by atoms with van der Waals surface area (Å²) < 4.78 is 10.6. The van der Waals surface area contributed by atoms with Crippen molar-refractivity contribution < 1.29 is 19.1 Å². The molecule has 2 amide bonds. The number of hydrogen-bond acceptors (Lipinski definition) is 6. The highest BCUT2D eigenvalue weighted by atomic mass is 16.5. The van der Waals surface area contributed by atoms with E-state index in [4.69, 9.17) is 14.7 Å². The summed E-state index contributed by atoms with van der Waals surface area (Å²) in [6, 6.07) is 24.5. The number of nitrogens with zero attached hydrogens (tertiary/aromatic N) is 2. The second kappa shape index (κ2) is 12.4. The predicted molar refractivity (Wildman–Crippen MR) is 128 cm³/mol. The van der Waals surface area contributed by atoms with Gasteiger partial charge in [-0.05, 0) is 41.5 Å². The highest BCUT2D eigenvalue weighted by Crippen LogP contribution is 2.27. The largest absolute Gasteiger partial charge is 0.493 e. The van der Waals surface area contributed by atoms with Gasteiger partial charge in [0.25, 0.3) is 5.91 Å². The molecule has 0 heterocycles. The normalized spacial score (nSPS) is 11.3. The summed E-state index contributed by atoms with van der Waals surface area (Å²) in [5.74, 6) is 0.249. The molecule has 0 aromatic heterocycles. The molecule has 172 valence electrons. The number of carbonyl (C=O) groups is 2. The number of methoxy groups -OCH3 is 1. The summed E-state index contributed by atoms with van der Waals surface area (Å²) in [6.07, 6.45) is 1.47. The lowest BCUT2D eigenvalue weighted by Gasteiger charge is -2.18. The lowest BCUT2D eigenvalue weighted by Crippen LogP contribution is -2.32. The minimum Gasteiger partial charge on any atom is -0.493 e. The monoisotopic (exact) mass is 456 g/mol. The zero-order chi connectivity index (χ0) is 24.2. The molecule has 3 aromatic rings. The second-order valence-corrected chi connectivity index (χ2v) is 7.16. The van der Waals surface area contributed by atoms with Crippen molar-refractivity contribution in [3.05, 3.63) is 95.6 Å². The Bertz CT molecular complexity index is 1170. The molecule has 3 aromatic carbocycles. The van der Waals surface area contributed by atoms with Gasteiger partial charge in [0.1, 0.15) is 6.07 Å². The minimum atomic E-state index is -0.527. The van der Waals surface area contributed by atoms with Crippen LogP contribution in [0.3, 0.4) is 0 Å². The first kappa shape index (κ1) is 24.0. The standard InChI is InChI=1S/C26H24N4O4/c1-33-24-16-19(12-13-23(24)34-15-14-27)18-28-30-25(31)17-22(20-8-4-2-5-9-20)29-26(32)21-10-6-3-7-11-21/h2-13,16,18,22H,15,17H2,1H3,(H,29,32)(H,30,31)/b28-18-/t22-/m1/s1. The molecule has 0 aliphatic heterocycles. The molecule has 1 atom stereocenters. The lowest BCUT2D eigenvalue weighted by molar-refractivity contribution is -0.121. The summed E-state index contributed by atoms with van der Waals surface area (Å²) in [7, 11) is 1.49. The van der Waals surface area contributed by atoms with Crippen LogP contribution >= 0.6 is 0 Å². The first-order valence-corrected chi connectivity index (χ1v) is 10.5. The Balaban J connectivity index is 1.65. The van der Waals surface area contributed by atoms with Gasteiger partial charge in [0, 0.05) is 5.56 Å². The Hall–Kier alpha value is -4.64. The van der Waals surface area contributed by atoms with E-state index in [2.05, 4.69) is 15.8 Å². The van der Waals surface area contributed by atoms with Gasteiger partial charge in [0.05, 0.1) is 25.8 Å². The number of nitriles is 1. The van der Waals surface area contributed by atoms with Gasteiger partial charge < -0.3 is 14.8 Å². The van der Waals surface area contributed by atoms with Gasteiger partial charge in [0.15, 0.2) is 18.1 Å². The Morgan fingerprint density at radius 3 is 2.41 bits per heavy atom. The zero-order valence-corrected chi connectivity index (χ0v) is 18.6. The molecule has 0 aliphatic carbocycles. The summed E-state index contributed by atoms with van der Waals surface area (Å²) >= 11 is 0. The summed E-state index contributed by atoms with van der Waals surface area (Å²) in [5.41, 5.74) is 4.48. The van der Waals surface area contributed by atoms with Crippen molar-refractivity contribution in [2.75, 3.05) is 13.7 Å². The van der Waals surface area contributed by atoms with Crippen molar-refractivity contribution in [3.63, 3.8) is 0 Å². The van der Waals surface area contributed by atoms with E-state index in [9.17, 15) is 9.59 Å². The molecule has 2 N–H and O–H groups in total. The molecule has 0 saturated heterocycles. The van der Waals surface area contributed by atoms with Crippen molar-refractivity contribution in [2.45, 2.75) is 12.5 Å². The highest BCUT2D eigenvalue weighted by Gasteiger charge is 2.19.